The minimum atomic E-state index is 0.730. The van der Waals surface area contributed by atoms with Gasteiger partial charge in [-0.05, 0) is 27.4 Å². The number of nitrogens with zero attached hydrogens (tertiary/aromatic N) is 2. The number of rotatable bonds is 1. The number of piperazine rings is 1. The Bertz CT molecular complexity index is 114. The van der Waals surface area contributed by atoms with Crippen LogP contribution in [0.3, 0.4) is 0 Å². The first-order chi connectivity index (χ1) is 8.15. The smallest absolute Gasteiger partial charge is 0.0198 e. The predicted octanol–water partition coefficient (Wildman–Crippen LogP) is 4.11. The van der Waals surface area contributed by atoms with E-state index >= 15 is 0 Å². The summed E-state index contributed by atoms with van der Waals surface area (Å²) < 4.78 is 0. The highest BCUT2D eigenvalue weighted by atomic mass is 15.3. The van der Waals surface area contributed by atoms with Gasteiger partial charge < -0.3 is 4.90 Å². The van der Waals surface area contributed by atoms with E-state index in [1.807, 2.05) is 41.5 Å². The average molecular weight is 246 g/mol. The zero-order valence-electron chi connectivity index (χ0n) is 14.2. The number of hydrogen-bond donors (Lipinski definition) is 0. The summed E-state index contributed by atoms with van der Waals surface area (Å²) >= 11 is 0. The van der Waals surface area contributed by atoms with Gasteiger partial charge in [0.1, 0.15) is 0 Å². The summed E-state index contributed by atoms with van der Waals surface area (Å²) in [4.78, 5) is 4.99. The van der Waals surface area contributed by atoms with Gasteiger partial charge in [0.2, 0.25) is 0 Å². The van der Waals surface area contributed by atoms with Gasteiger partial charge in [0, 0.05) is 25.2 Å². The molecule has 0 aromatic rings. The van der Waals surface area contributed by atoms with Gasteiger partial charge in [-0.15, -0.1) is 0 Å². The third-order valence-corrected chi connectivity index (χ3v) is 2.65. The van der Waals surface area contributed by atoms with Crippen molar-refractivity contribution in [3.05, 3.63) is 0 Å². The average Bonchev–Trinajstić information content (AvgIpc) is 2.36. The summed E-state index contributed by atoms with van der Waals surface area (Å²) in [5.41, 5.74) is 0. The Hall–Kier alpha value is -0.0800. The quantitative estimate of drug-likeness (QED) is 0.687. The fraction of sp³-hybridized carbons (Fsp3) is 1.00. The summed E-state index contributed by atoms with van der Waals surface area (Å²) in [7, 11) is 2.21. The van der Waals surface area contributed by atoms with Crippen LogP contribution in [0.1, 0.15) is 62.3 Å². The van der Waals surface area contributed by atoms with Crippen molar-refractivity contribution in [1.82, 2.24) is 9.80 Å². The molecule has 1 heterocycles. The van der Waals surface area contributed by atoms with E-state index < -0.39 is 0 Å². The van der Waals surface area contributed by atoms with Crippen LogP contribution in [0.2, 0.25) is 0 Å². The Morgan fingerprint density at radius 2 is 1.12 bits per heavy atom. The third kappa shape index (κ3) is 9.61. The normalized spacial score (nSPS) is 24.4. The molecule has 2 unspecified atom stereocenters. The van der Waals surface area contributed by atoms with E-state index in [9.17, 15) is 0 Å². The molecular weight excluding hydrogens is 208 g/mol. The summed E-state index contributed by atoms with van der Waals surface area (Å²) in [6.45, 7) is 22.5. The maximum Gasteiger partial charge on any atom is 0.0198 e. The summed E-state index contributed by atoms with van der Waals surface area (Å²) in [5, 5.41) is 0. The molecule has 0 spiro atoms. The molecule has 2 heteroatoms. The SMILES string of the molecule is CC.CC.CC.CCN1C(C)CN(C)CC1C. The molecule has 0 radical (unpaired) electrons. The first kappa shape index (κ1) is 22.1. The lowest BCUT2D eigenvalue weighted by Crippen LogP contribution is -2.55. The van der Waals surface area contributed by atoms with Crippen molar-refractivity contribution in [2.24, 2.45) is 0 Å². The lowest BCUT2D eigenvalue weighted by molar-refractivity contribution is 0.0573. The Morgan fingerprint density at radius 1 is 0.824 bits per heavy atom. The lowest BCUT2D eigenvalue weighted by atomic mass is 10.1. The molecule has 17 heavy (non-hydrogen) atoms. The van der Waals surface area contributed by atoms with Gasteiger partial charge in [0.15, 0.2) is 0 Å². The van der Waals surface area contributed by atoms with Gasteiger partial charge in [0.25, 0.3) is 0 Å². The van der Waals surface area contributed by atoms with E-state index in [4.69, 9.17) is 0 Å². The zero-order chi connectivity index (χ0) is 14.4. The van der Waals surface area contributed by atoms with Crippen molar-refractivity contribution in [2.45, 2.75) is 74.4 Å². The highest BCUT2D eigenvalue weighted by molar-refractivity contribution is 4.82. The molecule has 2 nitrogen and oxygen atoms in total. The maximum absolute atomic E-state index is 2.57. The standard InChI is InChI=1S/C9H20N2.3C2H6/c1-5-11-8(2)6-10(4)7-9(11)3;3*1-2/h8-9H,5-7H2,1-4H3;3*1-2H3. The van der Waals surface area contributed by atoms with Crippen LogP contribution >= 0.6 is 0 Å². The highest BCUT2D eigenvalue weighted by Crippen LogP contribution is 2.12. The number of likely N-dealkylation sites (N-methyl/N-ethyl adjacent to an activating group) is 2. The van der Waals surface area contributed by atoms with Gasteiger partial charge >= 0.3 is 0 Å². The summed E-state index contributed by atoms with van der Waals surface area (Å²) in [6.07, 6.45) is 0. The Balaban J connectivity index is -0.000000285. The molecule has 108 valence electrons. The first-order valence-corrected chi connectivity index (χ1v) is 7.59. The van der Waals surface area contributed by atoms with Crippen LogP contribution in [0.15, 0.2) is 0 Å². The second kappa shape index (κ2) is 15.9. The molecule has 1 rings (SSSR count). The molecular formula is C15H38N2. The van der Waals surface area contributed by atoms with Crippen LogP contribution in [0, 0.1) is 0 Å². The molecule has 0 aliphatic carbocycles. The van der Waals surface area contributed by atoms with Crippen LogP contribution in [-0.4, -0.2) is 48.6 Å². The Morgan fingerprint density at radius 3 is 1.35 bits per heavy atom. The molecule has 1 aliphatic rings. The zero-order valence-corrected chi connectivity index (χ0v) is 14.2. The predicted molar refractivity (Wildman–Crippen MR) is 82.8 cm³/mol. The van der Waals surface area contributed by atoms with Gasteiger partial charge in [-0.2, -0.15) is 0 Å². The first-order valence-electron chi connectivity index (χ1n) is 7.59. The van der Waals surface area contributed by atoms with E-state index in [-0.39, 0.29) is 0 Å². The van der Waals surface area contributed by atoms with Crippen LogP contribution in [0.25, 0.3) is 0 Å². The topological polar surface area (TPSA) is 6.48 Å². The summed E-state index contributed by atoms with van der Waals surface area (Å²) in [5.74, 6) is 0. The minimum Gasteiger partial charge on any atom is -0.303 e. The number of hydrogen-bond acceptors (Lipinski definition) is 2. The molecule has 0 bridgehead atoms. The van der Waals surface area contributed by atoms with Gasteiger partial charge in [0.05, 0.1) is 0 Å². The van der Waals surface area contributed by atoms with Crippen molar-refractivity contribution in [3.63, 3.8) is 0 Å². The largest absolute Gasteiger partial charge is 0.303 e. The molecule has 1 fully saturated rings. The van der Waals surface area contributed by atoms with Crippen LogP contribution in [-0.2, 0) is 0 Å². The fourth-order valence-corrected chi connectivity index (χ4v) is 2.24. The van der Waals surface area contributed by atoms with Gasteiger partial charge in [-0.25, -0.2) is 0 Å². The van der Waals surface area contributed by atoms with Crippen LogP contribution < -0.4 is 0 Å². The van der Waals surface area contributed by atoms with Crippen LogP contribution in [0.5, 0.6) is 0 Å². The lowest BCUT2D eigenvalue weighted by Gasteiger charge is -2.42. The monoisotopic (exact) mass is 246 g/mol. The van der Waals surface area contributed by atoms with E-state index in [0.29, 0.717) is 0 Å². The van der Waals surface area contributed by atoms with Gasteiger partial charge in [-0.3, -0.25) is 4.90 Å². The summed E-state index contributed by atoms with van der Waals surface area (Å²) in [6, 6.07) is 1.46. The van der Waals surface area contributed by atoms with Crippen molar-refractivity contribution >= 4 is 0 Å². The van der Waals surface area contributed by atoms with Crippen molar-refractivity contribution in [3.8, 4) is 0 Å². The van der Waals surface area contributed by atoms with E-state index in [1.165, 1.54) is 19.6 Å². The third-order valence-electron chi connectivity index (χ3n) is 2.65. The van der Waals surface area contributed by atoms with Crippen molar-refractivity contribution < 1.29 is 0 Å². The Kier molecular flexibility index (Phi) is 20.7. The second-order valence-corrected chi connectivity index (χ2v) is 3.75. The van der Waals surface area contributed by atoms with Gasteiger partial charge in [-0.1, -0.05) is 48.5 Å². The van der Waals surface area contributed by atoms with E-state index in [2.05, 4.69) is 37.6 Å². The Labute approximate surface area is 111 Å². The molecule has 0 saturated carbocycles. The second-order valence-electron chi connectivity index (χ2n) is 3.75. The molecule has 1 aliphatic heterocycles. The fourth-order valence-electron chi connectivity index (χ4n) is 2.24. The van der Waals surface area contributed by atoms with Crippen molar-refractivity contribution in [1.29, 1.82) is 0 Å². The molecule has 0 aromatic heterocycles. The van der Waals surface area contributed by atoms with Crippen LogP contribution in [0.4, 0.5) is 0 Å². The molecule has 0 amide bonds. The minimum absolute atomic E-state index is 0.730. The maximum atomic E-state index is 2.57. The molecule has 2 atom stereocenters. The highest BCUT2D eigenvalue weighted by Gasteiger charge is 2.25. The van der Waals surface area contributed by atoms with E-state index in [1.54, 1.807) is 0 Å². The van der Waals surface area contributed by atoms with Crippen molar-refractivity contribution in [2.75, 3.05) is 26.7 Å². The molecule has 1 saturated heterocycles. The van der Waals surface area contributed by atoms with E-state index in [0.717, 1.165) is 12.1 Å². The molecule has 0 N–H and O–H groups in total. The molecule has 0 aromatic carbocycles.